The third-order valence-electron chi connectivity index (χ3n) is 6.40. The fraction of sp³-hybridized carbons (Fsp3) is 0.429. The van der Waals surface area contributed by atoms with E-state index in [4.69, 9.17) is 0 Å². The zero-order valence-corrected chi connectivity index (χ0v) is 16.8. The van der Waals surface area contributed by atoms with Crippen LogP contribution in [-0.2, 0) is 7.05 Å². The van der Waals surface area contributed by atoms with Gasteiger partial charge < -0.3 is 19.9 Å². The number of aryl methyl sites for hydroxylation is 1. The predicted octanol–water partition coefficient (Wildman–Crippen LogP) is 1.76. The highest BCUT2D eigenvalue weighted by Gasteiger charge is 2.43. The first-order valence-corrected chi connectivity index (χ1v) is 10.1. The lowest BCUT2D eigenvalue weighted by Gasteiger charge is -2.38. The van der Waals surface area contributed by atoms with Crippen LogP contribution in [0.4, 0.5) is 10.2 Å². The van der Waals surface area contributed by atoms with E-state index < -0.39 is 6.17 Å². The Balaban J connectivity index is 1.44. The Labute approximate surface area is 172 Å². The molecule has 0 aliphatic carbocycles. The molecule has 2 aliphatic heterocycles. The molecule has 2 fully saturated rings. The fourth-order valence-electron chi connectivity index (χ4n) is 4.63. The molecule has 2 saturated heterocycles. The van der Waals surface area contributed by atoms with E-state index in [-0.39, 0.29) is 29.2 Å². The lowest BCUT2D eigenvalue weighted by molar-refractivity contribution is 0.176. The summed E-state index contributed by atoms with van der Waals surface area (Å²) in [7, 11) is 3.47. The van der Waals surface area contributed by atoms with Crippen LogP contribution in [0.25, 0.3) is 22.2 Å². The minimum absolute atomic E-state index is 0.0903. The third-order valence-corrected chi connectivity index (χ3v) is 6.40. The summed E-state index contributed by atoms with van der Waals surface area (Å²) in [6.07, 6.45) is 4.83. The van der Waals surface area contributed by atoms with Gasteiger partial charge in [0.25, 0.3) is 5.56 Å². The molecule has 0 unspecified atom stereocenters. The minimum atomic E-state index is -0.970. The van der Waals surface area contributed by atoms with Gasteiger partial charge in [0.1, 0.15) is 11.9 Å². The number of halogens is 1. The quantitative estimate of drug-likeness (QED) is 0.679. The third kappa shape index (κ3) is 3.00. The molecule has 4 heterocycles. The van der Waals surface area contributed by atoms with Gasteiger partial charge in [0.15, 0.2) is 11.6 Å². The van der Waals surface area contributed by atoms with Gasteiger partial charge in [0.05, 0.1) is 23.2 Å². The molecule has 4 atom stereocenters. The van der Waals surface area contributed by atoms with Crippen molar-refractivity contribution in [2.75, 3.05) is 11.9 Å². The maximum Gasteiger partial charge on any atom is 0.258 e. The van der Waals surface area contributed by atoms with Crippen molar-refractivity contribution in [1.82, 2.24) is 25.1 Å². The molecule has 3 aromatic rings. The predicted molar refractivity (Wildman–Crippen MR) is 111 cm³/mol. The molecule has 0 spiro atoms. The zero-order valence-electron chi connectivity index (χ0n) is 16.8. The lowest BCUT2D eigenvalue weighted by atomic mass is 9.96. The first-order valence-electron chi connectivity index (χ1n) is 10.1. The van der Waals surface area contributed by atoms with Gasteiger partial charge in [-0.15, -0.1) is 10.2 Å². The van der Waals surface area contributed by atoms with Crippen LogP contribution in [-0.4, -0.2) is 56.2 Å². The molecule has 9 heteroatoms. The highest BCUT2D eigenvalue weighted by Crippen LogP contribution is 2.34. The molecule has 2 bridgehead atoms. The van der Waals surface area contributed by atoms with Gasteiger partial charge in [-0.05, 0) is 42.8 Å². The number of hydrogen-bond donors (Lipinski definition) is 2. The van der Waals surface area contributed by atoms with E-state index in [1.807, 2.05) is 11.9 Å². The Hall–Kier alpha value is -3.07. The number of rotatable bonds is 3. The number of nitrogens with zero attached hydrogens (tertiary/aromatic N) is 5. The fourth-order valence-corrected chi connectivity index (χ4v) is 4.63. The van der Waals surface area contributed by atoms with Gasteiger partial charge in [-0.3, -0.25) is 4.79 Å². The summed E-state index contributed by atoms with van der Waals surface area (Å²) < 4.78 is 16.3. The van der Waals surface area contributed by atoms with Crippen molar-refractivity contribution in [2.45, 2.75) is 43.6 Å². The van der Waals surface area contributed by atoms with E-state index in [1.165, 1.54) is 10.6 Å². The van der Waals surface area contributed by atoms with Gasteiger partial charge >= 0.3 is 0 Å². The van der Waals surface area contributed by atoms with E-state index in [2.05, 4.69) is 20.5 Å². The largest absolute Gasteiger partial charge is 0.507 e. The van der Waals surface area contributed by atoms with Gasteiger partial charge in [0, 0.05) is 32.4 Å². The van der Waals surface area contributed by atoms with Gasteiger partial charge in [-0.2, -0.15) is 0 Å². The molecular formula is C21H23FN6O2. The van der Waals surface area contributed by atoms with E-state index in [1.54, 1.807) is 31.6 Å². The monoisotopic (exact) mass is 410 g/mol. The standard InChI is InChI=1S/C21H23FN6O2/c1-27-6-5-11-7-14(17(29)9-13(11)21(27)30)20-23-10-18(25-26-20)28(2)16-8-12-3-4-15(24-12)19(16)22/h5-7,9-10,12,15-16,19,24,29H,3-4,8H2,1-2H3/t12-,15+,16-,19+/m1/s1. The van der Waals surface area contributed by atoms with Crippen molar-refractivity contribution in [1.29, 1.82) is 0 Å². The second-order valence-corrected chi connectivity index (χ2v) is 8.23. The SMILES string of the molecule is CN(c1cnc(-c2cc3ccn(C)c(=O)c3cc2O)nn1)[C@@H]1C[C@H]2CC[C@H](N2)[C@@H]1F. The number of nitrogens with one attached hydrogen (secondary N) is 1. The summed E-state index contributed by atoms with van der Waals surface area (Å²) in [5.41, 5.74) is 0.197. The average molecular weight is 410 g/mol. The zero-order chi connectivity index (χ0) is 21.0. The van der Waals surface area contributed by atoms with Crippen LogP contribution in [0.2, 0.25) is 0 Å². The summed E-state index contributed by atoms with van der Waals surface area (Å²) in [5.74, 6) is 0.642. The molecule has 5 rings (SSSR count). The summed E-state index contributed by atoms with van der Waals surface area (Å²) in [5, 5.41) is 23.3. The Morgan fingerprint density at radius 3 is 2.90 bits per heavy atom. The number of pyridine rings is 1. The molecule has 0 saturated carbocycles. The molecular weight excluding hydrogens is 387 g/mol. The second-order valence-electron chi connectivity index (χ2n) is 8.23. The number of benzene rings is 1. The molecule has 2 aliphatic rings. The number of aromatic hydroxyl groups is 1. The Morgan fingerprint density at radius 2 is 2.13 bits per heavy atom. The van der Waals surface area contributed by atoms with Gasteiger partial charge in [0.2, 0.25) is 0 Å². The topological polar surface area (TPSA) is 96.2 Å². The van der Waals surface area contributed by atoms with Crippen LogP contribution in [0.3, 0.4) is 0 Å². The number of hydrogen-bond acceptors (Lipinski definition) is 7. The lowest BCUT2D eigenvalue weighted by Crippen LogP contribution is -2.55. The molecule has 0 amide bonds. The van der Waals surface area contributed by atoms with Crippen molar-refractivity contribution in [2.24, 2.45) is 7.05 Å². The minimum Gasteiger partial charge on any atom is -0.507 e. The normalized spacial score (nSPS) is 25.6. The first kappa shape index (κ1) is 18.9. The van der Waals surface area contributed by atoms with E-state index in [0.717, 1.165) is 19.3 Å². The summed E-state index contributed by atoms with van der Waals surface area (Å²) in [4.78, 5) is 18.4. The molecule has 2 aromatic heterocycles. The van der Waals surface area contributed by atoms with Crippen molar-refractivity contribution < 1.29 is 9.50 Å². The van der Waals surface area contributed by atoms with Crippen LogP contribution < -0.4 is 15.8 Å². The Kier molecular flexibility index (Phi) is 4.43. The molecule has 2 N–H and O–H groups in total. The maximum atomic E-state index is 14.8. The Bertz CT molecular complexity index is 1160. The average Bonchev–Trinajstić information content (AvgIpc) is 3.17. The number of fused-ring (bicyclic) bond motifs is 3. The molecule has 30 heavy (non-hydrogen) atoms. The smallest absolute Gasteiger partial charge is 0.258 e. The Morgan fingerprint density at radius 1 is 1.30 bits per heavy atom. The van der Waals surface area contributed by atoms with Gasteiger partial charge in [-0.25, -0.2) is 9.37 Å². The highest BCUT2D eigenvalue weighted by molar-refractivity contribution is 5.88. The van der Waals surface area contributed by atoms with Gasteiger partial charge in [-0.1, -0.05) is 0 Å². The maximum absolute atomic E-state index is 14.8. The van der Waals surface area contributed by atoms with Crippen molar-refractivity contribution in [3.8, 4) is 17.1 Å². The van der Waals surface area contributed by atoms with Crippen LogP contribution in [0.1, 0.15) is 19.3 Å². The molecule has 8 nitrogen and oxygen atoms in total. The van der Waals surface area contributed by atoms with Crippen LogP contribution in [0.5, 0.6) is 5.75 Å². The van der Waals surface area contributed by atoms with Crippen LogP contribution >= 0.6 is 0 Å². The number of aromatic nitrogens is 4. The number of piperidine rings is 1. The molecule has 1 aromatic carbocycles. The number of phenols is 1. The molecule has 156 valence electrons. The second kappa shape index (κ2) is 7.02. The summed E-state index contributed by atoms with van der Waals surface area (Å²) >= 11 is 0. The van der Waals surface area contributed by atoms with E-state index >= 15 is 0 Å². The number of alkyl halides is 1. The number of anilines is 1. The highest BCUT2D eigenvalue weighted by atomic mass is 19.1. The van der Waals surface area contributed by atoms with E-state index in [9.17, 15) is 14.3 Å². The van der Waals surface area contributed by atoms with Crippen molar-refractivity contribution >= 4 is 16.6 Å². The molecule has 0 radical (unpaired) electrons. The number of phenolic OH excluding ortho intramolecular Hbond substituents is 1. The summed E-state index contributed by atoms with van der Waals surface area (Å²) in [6, 6.07) is 4.87. The van der Waals surface area contributed by atoms with E-state index in [0.29, 0.717) is 28.2 Å². The first-order chi connectivity index (χ1) is 14.4. The van der Waals surface area contributed by atoms with Crippen molar-refractivity contribution in [3.05, 3.63) is 40.9 Å². The van der Waals surface area contributed by atoms with Crippen molar-refractivity contribution in [3.63, 3.8) is 0 Å². The van der Waals surface area contributed by atoms with Crippen LogP contribution in [0, 0.1) is 0 Å². The van der Waals surface area contributed by atoms with Crippen LogP contribution in [0.15, 0.2) is 35.4 Å². The summed E-state index contributed by atoms with van der Waals surface area (Å²) in [6.45, 7) is 0.